The van der Waals surface area contributed by atoms with Crippen LogP contribution in [0.1, 0.15) is 18.2 Å². The van der Waals surface area contributed by atoms with E-state index in [1.54, 1.807) is 6.26 Å². The van der Waals surface area contributed by atoms with E-state index in [0.717, 1.165) is 18.1 Å². The zero-order valence-electron chi connectivity index (χ0n) is 9.69. The Labute approximate surface area is 96.0 Å². The van der Waals surface area contributed by atoms with Crippen LogP contribution < -0.4 is 5.73 Å². The van der Waals surface area contributed by atoms with Gasteiger partial charge in [0.05, 0.1) is 12.8 Å². The van der Waals surface area contributed by atoms with E-state index < -0.39 is 0 Å². The monoisotopic (exact) mass is 228 g/mol. The second-order valence-corrected chi connectivity index (χ2v) is 4.70. The predicted molar refractivity (Wildman–Crippen MR) is 65.9 cm³/mol. The predicted octanol–water partition coefficient (Wildman–Crippen LogP) is 1.92. The van der Waals surface area contributed by atoms with Crippen LogP contribution in [0.3, 0.4) is 0 Å². The number of hydrogen-bond donors (Lipinski definition) is 1. The van der Waals surface area contributed by atoms with Crippen LogP contribution in [0.25, 0.3) is 0 Å². The highest BCUT2D eigenvalue weighted by molar-refractivity contribution is 7.98. The van der Waals surface area contributed by atoms with Crippen LogP contribution in [0, 0.1) is 0 Å². The summed E-state index contributed by atoms with van der Waals surface area (Å²) in [5, 5.41) is 0. The quantitative estimate of drug-likeness (QED) is 0.808. The highest BCUT2D eigenvalue weighted by Crippen LogP contribution is 2.14. The maximum atomic E-state index is 5.59. The van der Waals surface area contributed by atoms with Crippen LogP contribution in [0.2, 0.25) is 0 Å². The first-order valence-corrected chi connectivity index (χ1v) is 6.53. The van der Waals surface area contributed by atoms with Crippen molar-refractivity contribution in [3.8, 4) is 0 Å². The zero-order valence-corrected chi connectivity index (χ0v) is 10.5. The molecular weight excluding hydrogens is 208 g/mol. The molecule has 0 aliphatic heterocycles. The summed E-state index contributed by atoms with van der Waals surface area (Å²) in [5.41, 5.74) is 6.79. The third-order valence-electron chi connectivity index (χ3n) is 2.60. The molecule has 0 aliphatic carbocycles. The van der Waals surface area contributed by atoms with Crippen LogP contribution >= 0.6 is 11.8 Å². The Bertz CT molecular complexity index is 288. The van der Waals surface area contributed by atoms with Gasteiger partial charge in [0.25, 0.3) is 0 Å². The fourth-order valence-corrected chi connectivity index (χ4v) is 2.22. The first-order chi connectivity index (χ1) is 7.19. The molecule has 0 bridgehead atoms. The Morgan fingerprint density at radius 2 is 2.33 bits per heavy atom. The lowest BCUT2D eigenvalue weighted by molar-refractivity contribution is 0.267. The molecule has 0 saturated heterocycles. The molecular formula is C11H20N2OS. The molecule has 2 N–H and O–H groups in total. The number of furan rings is 1. The smallest absolute Gasteiger partial charge is 0.121 e. The van der Waals surface area contributed by atoms with Crippen molar-refractivity contribution in [3.63, 3.8) is 0 Å². The molecule has 1 unspecified atom stereocenters. The lowest BCUT2D eigenvalue weighted by atomic mass is 10.2. The van der Waals surface area contributed by atoms with E-state index in [-0.39, 0.29) is 0 Å². The molecule has 0 saturated carbocycles. The third-order valence-corrected chi connectivity index (χ3v) is 3.42. The molecule has 86 valence electrons. The van der Waals surface area contributed by atoms with Gasteiger partial charge in [-0.25, -0.2) is 0 Å². The minimum absolute atomic E-state index is 0.479. The van der Waals surface area contributed by atoms with Crippen molar-refractivity contribution in [2.45, 2.75) is 26.1 Å². The Kier molecular flexibility index (Phi) is 5.22. The molecule has 1 heterocycles. The minimum atomic E-state index is 0.479. The van der Waals surface area contributed by atoms with Gasteiger partial charge >= 0.3 is 0 Å². The molecule has 15 heavy (non-hydrogen) atoms. The van der Waals surface area contributed by atoms with Gasteiger partial charge in [-0.1, -0.05) is 0 Å². The molecule has 3 nitrogen and oxygen atoms in total. The average Bonchev–Trinajstić information content (AvgIpc) is 2.65. The highest BCUT2D eigenvalue weighted by atomic mass is 32.2. The Morgan fingerprint density at radius 3 is 2.93 bits per heavy atom. The molecule has 0 aliphatic rings. The van der Waals surface area contributed by atoms with E-state index >= 15 is 0 Å². The van der Waals surface area contributed by atoms with Gasteiger partial charge in [-0.05, 0) is 26.3 Å². The fraction of sp³-hybridized carbons (Fsp3) is 0.636. The van der Waals surface area contributed by atoms with Crippen LogP contribution in [0.5, 0.6) is 0 Å². The van der Waals surface area contributed by atoms with Gasteiger partial charge in [-0.2, -0.15) is 11.8 Å². The highest BCUT2D eigenvalue weighted by Gasteiger charge is 2.12. The van der Waals surface area contributed by atoms with Gasteiger partial charge in [0.1, 0.15) is 5.76 Å². The molecule has 4 heteroatoms. The van der Waals surface area contributed by atoms with Gasteiger partial charge in [-0.3, -0.25) is 4.90 Å². The van der Waals surface area contributed by atoms with Crippen molar-refractivity contribution >= 4 is 11.8 Å². The third kappa shape index (κ3) is 3.55. The van der Waals surface area contributed by atoms with E-state index in [0.29, 0.717) is 12.6 Å². The van der Waals surface area contributed by atoms with Crippen molar-refractivity contribution in [1.82, 2.24) is 4.90 Å². The molecule has 1 atom stereocenters. The fourth-order valence-electron chi connectivity index (χ4n) is 1.48. The normalized spacial score (nSPS) is 13.4. The molecule has 0 aromatic carbocycles. The van der Waals surface area contributed by atoms with Gasteiger partial charge in [0.2, 0.25) is 0 Å². The molecule has 1 rings (SSSR count). The van der Waals surface area contributed by atoms with Gasteiger partial charge in [0, 0.05) is 23.9 Å². The maximum absolute atomic E-state index is 5.59. The summed E-state index contributed by atoms with van der Waals surface area (Å²) in [6.45, 7) is 3.62. The van der Waals surface area contributed by atoms with E-state index in [4.69, 9.17) is 10.2 Å². The Balaban J connectivity index is 2.53. The summed E-state index contributed by atoms with van der Waals surface area (Å²) in [6, 6.07) is 2.57. The standard InChI is InChI=1S/C11H20N2OS/c1-9(8-15-3)13(2)7-10-4-5-14-11(10)6-12/h4-5,9H,6-8,12H2,1-3H3. The molecule has 0 amide bonds. The van der Waals surface area contributed by atoms with E-state index in [2.05, 4.69) is 25.1 Å². The van der Waals surface area contributed by atoms with E-state index in [1.807, 2.05) is 17.8 Å². The zero-order chi connectivity index (χ0) is 11.3. The van der Waals surface area contributed by atoms with Crippen LogP contribution in [0.15, 0.2) is 16.7 Å². The first kappa shape index (κ1) is 12.6. The van der Waals surface area contributed by atoms with Crippen molar-refractivity contribution in [1.29, 1.82) is 0 Å². The van der Waals surface area contributed by atoms with Crippen molar-refractivity contribution in [2.75, 3.05) is 19.1 Å². The van der Waals surface area contributed by atoms with Crippen LogP contribution in [-0.4, -0.2) is 30.0 Å². The average molecular weight is 228 g/mol. The summed E-state index contributed by atoms with van der Waals surface area (Å²) >= 11 is 1.87. The van der Waals surface area contributed by atoms with Gasteiger partial charge in [-0.15, -0.1) is 0 Å². The molecule has 0 spiro atoms. The van der Waals surface area contributed by atoms with Gasteiger partial charge < -0.3 is 10.2 Å². The SMILES string of the molecule is CSCC(C)N(C)Cc1ccoc1CN. The number of nitrogens with zero attached hydrogens (tertiary/aromatic N) is 1. The topological polar surface area (TPSA) is 42.4 Å². The van der Waals surface area contributed by atoms with Crippen LogP contribution in [-0.2, 0) is 13.1 Å². The lowest BCUT2D eigenvalue weighted by Gasteiger charge is -2.23. The molecule has 0 radical (unpaired) electrons. The lowest BCUT2D eigenvalue weighted by Crippen LogP contribution is -2.30. The molecule has 1 aromatic heterocycles. The largest absolute Gasteiger partial charge is 0.468 e. The number of nitrogens with two attached hydrogens (primary N) is 1. The van der Waals surface area contributed by atoms with Crippen molar-refractivity contribution in [2.24, 2.45) is 5.73 Å². The first-order valence-electron chi connectivity index (χ1n) is 5.13. The molecule has 0 fully saturated rings. The number of thioether (sulfide) groups is 1. The molecule has 1 aromatic rings. The van der Waals surface area contributed by atoms with E-state index in [9.17, 15) is 0 Å². The second-order valence-electron chi connectivity index (χ2n) is 3.79. The summed E-state index contributed by atoms with van der Waals surface area (Å²) in [5.74, 6) is 2.05. The van der Waals surface area contributed by atoms with Crippen LogP contribution in [0.4, 0.5) is 0 Å². The van der Waals surface area contributed by atoms with Gasteiger partial charge in [0.15, 0.2) is 0 Å². The Morgan fingerprint density at radius 1 is 1.60 bits per heavy atom. The summed E-state index contributed by atoms with van der Waals surface area (Å²) in [7, 11) is 2.13. The number of hydrogen-bond acceptors (Lipinski definition) is 4. The van der Waals surface area contributed by atoms with Crippen molar-refractivity contribution < 1.29 is 4.42 Å². The maximum Gasteiger partial charge on any atom is 0.121 e. The van der Waals surface area contributed by atoms with Crippen molar-refractivity contribution in [3.05, 3.63) is 23.7 Å². The summed E-state index contributed by atoms with van der Waals surface area (Å²) in [6.07, 6.45) is 3.85. The summed E-state index contributed by atoms with van der Waals surface area (Å²) < 4.78 is 5.30. The van der Waals surface area contributed by atoms with E-state index in [1.165, 1.54) is 5.56 Å². The summed E-state index contributed by atoms with van der Waals surface area (Å²) in [4.78, 5) is 2.32. The number of rotatable bonds is 6. The second kappa shape index (κ2) is 6.20. The Hall–Kier alpha value is -0.450. The minimum Gasteiger partial charge on any atom is -0.468 e.